The van der Waals surface area contributed by atoms with E-state index in [1.807, 2.05) is 0 Å². The number of piperazine rings is 1. The van der Waals surface area contributed by atoms with E-state index in [-0.39, 0.29) is 24.0 Å². The number of nitrogens with one attached hydrogen (secondary N) is 2. The van der Waals surface area contributed by atoms with Crippen molar-refractivity contribution in [2.24, 2.45) is 0 Å². The van der Waals surface area contributed by atoms with Gasteiger partial charge in [0.25, 0.3) is 0 Å². The molecule has 0 bridgehead atoms. The SMILES string of the molecule is O=C1CN(C(=O)NCCc2ccc(C(=O)O)cc2)CCN1. The summed E-state index contributed by atoms with van der Waals surface area (Å²) in [5, 5.41) is 14.2. The van der Waals surface area contributed by atoms with Crippen molar-refractivity contribution in [2.45, 2.75) is 6.42 Å². The van der Waals surface area contributed by atoms with Crippen molar-refractivity contribution in [3.8, 4) is 0 Å². The van der Waals surface area contributed by atoms with Crippen LogP contribution in [0.2, 0.25) is 0 Å². The maximum atomic E-state index is 11.8. The molecule has 21 heavy (non-hydrogen) atoms. The van der Waals surface area contributed by atoms with Gasteiger partial charge in [0.05, 0.1) is 5.56 Å². The van der Waals surface area contributed by atoms with Gasteiger partial charge in [-0.2, -0.15) is 0 Å². The second-order valence-corrected chi connectivity index (χ2v) is 4.76. The van der Waals surface area contributed by atoms with E-state index in [1.54, 1.807) is 12.1 Å². The van der Waals surface area contributed by atoms with Gasteiger partial charge in [-0.05, 0) is 24.1 Å². The maximum absolute atomic E-state index is 11.8. The van der Waals surface area contributed by atoms with Crippen molar-refractivity contribution in [3.63, 3.8) is 0 Å². The molecule has 112 valence electrons. The van der Waals surface area contributed by atoms with Gasteiger partial charge in [0.2, 0.25) is 5.91 Å². The van der Waals surface area contributed by atoms with E-state index in [2.05, 4.69) is 10.6 Å². The number of aromatic carboxylic acids is 1. The van der Waals surface area contributed by atoms with E-state index in [1.165, 1.54) is 17.0 Å². The highest BCUT2D eigenvalue weighted by Gasteiger charge is 2.20. The third kappa shape index (κ3) is 4.20. The fourth-order valence-corrected chi connectivity index (χ4v) is 2.05. The van der Waals surface area contributed by atoms with E-state index in [9.17, 15) is 14.4 Å². The highest BCUT2D eigenvalue weighted by molar-refractivity contribution is 5.87. The van der Waals surface area contributed by atoms with Gasteiger partial charge in [0, 0.05) is 19.6 Å². The number of carbonyl (C=O) groups is 3. The molecule has 0 aromatic heterocycles. The molecule has 3 amide bonds. The smallest absolute Gasteiger partial charge is 0.335 e. The van der Waals surface area contributed by atoms with E-state index in [0.29, 0.717) is 26.1 Å². The van der Waals surface area contributed by atoms with Crippen molar-refractivity contribution < 1.29 is 19.5 Å². The quantitative estimate of drug-likeness (QED) is 0.731. The van der Waals surface area contributed by atoms with Gasteiger partial charge in [0.1, 0.15) is 6.54 Å². The summed E-state index contributed by atoms with van der Waals surface area (Å²) < 4.78 is 0. The molecule has 7 heteroatoms. The lowest BCUT2D eigenvalue weighted by atomic mass is 10.1. The molecule has 0 saturated carbocycles. The van der Waals surface area contributed by atoms with Crippen LogP contribution in [-0.4, -0.2) is 54.1 Å². The summed E-state index contributed by atoms with van der Waals surface area (Å²) in [7, 11) is 0. The predicted molar refractivity (Wildman–Crippen MR) is 75.1 cm³/mol. The summed E-state index contributed by atoms with van der Waals surface area (Å²) in [5.74, 6) is -1.11. The summed E-state index contributed by atoms with van der Waals surface area (Å²) in [6.45, 7) is 1.50. The van der Waals surface area contributed by atoms with E-state index in [0.717, 1.165) is 5.56 Å². The predicted octanol–water partition coefficient (Wildman–Crippen LogP) is 0.0687. The fraction of sp³-hybridized carbons (Fsp3) is 0.357. The van der Waals surface area contributed by atoms with Crippen molar-refractivity contribution in [1.82, 2.24) is 15.5 Å². The van der Waals surface area contributed by atoms with Crippen LogP contribution < -0.4 is 10.6 Å². The number of rotatable bonds is 4. The molecule has 0 aliphatic carbocycles. The van der Waals surface area contributed by atoms with Gasteiger partial charge in [-0.25, -0.2) is 9.59 Å². The maximum Gasteiger partial charge on any atom is 0.335 e. The van der Waals surface area contributed by atoms with Crippen molar-refractivity contribution in [1.29, 1.82) is 0 Å². The zero-order valence-electron chi connectivity index (χ0n) is 11.5. The Kier molecular flexibility index (Phi) is 4.76. The Labute approximate surface area is 121 Å². The van der Waals surface area contributed by atoms with Crippen LogP contribution in [0.4, 0.5) is 4.79 Å². The largest absolute Gasteiger partial charge is 0.478 e. The van der Waals surface area contributed by atoms with Gasteiger partial charge < -0.3 is 20.6 Å². The lowest BCUT2D eigenvalue weighted by molar-refractivity contribution is -0.123. The second kappa shape index (κ2) is 6.74. The molecule has 0 radical (unpaired) electrons. The molecule has 0 spiro atoms. The molecule has 1 aliphatic rings. The minimum Gasteiger partial charge on any atom is -0.478 e. The molecule has 1 heterocycles. The summed E-state index contributed by atoms with van der Waals surface area (Å²) in [6.07, 6.45) is 0.603. The Morgan fingerprint density at radius 2 is 2.00 bits per heavy atom. The Balaban J connectivity index is 1.77. The molecule has 1 aromatic carbocycles. The molecule has 1 saturated heterocycles. The first-order valence-corrected chi connectivity index (χ1v) is 6.68. The molecule has 3 N–H and O–H groups in total. The lowest BCUT2D eigenvalue weighted by Gasteiger charge is -2.26. The van der Waals surface area contributed by atoms with Gasteiger partial charge in [-0.3, -0.25) is 4.79 Å². The lowest BCUT2D eigenvalue weighted by Crippen LogP contribution is -2.53. The normalized spacial score (nSPS) is 14.5. The van der Waals surface area contributed by atoms with E-state index < -0.39 is 5.97 Å². The highest BCUT2D eigenvalue weighted by atomic mass is 16.4. The van der Waals surface area contributed by atoms with E-state index >= 15 is 0 Å². The molecular weight excluding hydrogens is 274 g/mol. The Hall–Kier alpha value is -2.57. The first-order chi connectivity index (χ1) is 10.1. The van der Waals surface area contributed by atoms with Crippen LogP contribution >= 0.6 is 0 Å². The number of urea groups is 1. The van der Waals surface area contributed by atoms with Crippen LogP contribution in [0.15, 0.2) is 24.3 Å². The highest BCUT2D eigenvalue weighted by Crippen LogP contribution is 2.05. The Morgan fingerprint density at radius 3 is 2.62 bits per heavy atom. The summed E-state index contributed by atoms with van der Waals surface area (Å²) in [5.41, 5.74) is 1.18. The van der Waals surface area contributed by atoms with Gasteiger partial charge in [-0.15, -0.1) is 0 Å². The number of carboxylic acids is 1. The standard InChI is InChI=1S/C14H17N3O4/c18-12-9-17(8-7-15-12)14(21)16-6-5-10-1-3-11(4-2-10)13(19)20/h1-4H,5-9H2,(H,15,18)(H,16,21)(H,19,20). The Bertz CT molecular complexity index is 542. The third-order valence-electron chi connectivity index (χ3n) is 3.22. The monoisotopic (exact) mass is 291 g/mol. The average molecular weight is 291 g/mol. The summed E-state index contributed by atoms with van der Waals surface area (Å²) in [4.78, 5) is 35.2. The van der Waals surface area contributed by atoms with Crippen molar-refractivity contribution in [3.05, 3.63) is 35.4 Å². The average Bonchev–Trinajstić information content (AvgIpc) is 2.47. The van der Waals surface area contributed by atoms with E-state index in [4.69, 9.17) is 5.11 Å². The van der Waals surface area contributed by atoms with Crippen molar-refractivity contribution >= 4 is 17.9 Å². The van der Waals surface area contributed by atoms with Crippen LogP contribution in [0.3, 0.4) is 0 Å². The van der Waals surface area contributed by atoms with Gasteiger partial charge in [0.15, 0.2) is 0 Å². The van der Waals surface area contributed by atoms with Crippen LogP contribution in [-0.2, 0) is 11.2 Å². The topological polar surface area (TPSA) is 98.7 Å². The minimum atomic E-state index is -0.960. The molecule has 0 unspecified atom stereocenters. The molecule has 1 fully saturated rings. The first kappa shape index (κ1) is 14.8. The molecule has 1 aliphatic heterocycles. The zero-order valence-corrected chi connectivity index (χ0v) is 11.5. The number of carboxylic acid groups (broad SMARTS) is 1. The molecule has 0 atom stereocenters. The number of carbonyl (C=O) groups excluding carboxylic acids is 2. The third-order valence-corrected chi connectivity index (χ3v) is 3.22. The number of nitrogens with zero attached hydrogens (tertiary/aromatic N) is 1. The van der Waals surface area contributed by atoms with Crippen LogP contribution in [0, 0.1) is 0 Å². The molecule has 2 rings (SSSR count). The number of hydrogen-bond acceptors (Lipinski definition) is 3. The fourth-order valence-electron chi connectivity index (χ4n) is 2.05. The first-order valence-electron chi connectivity index (χ1n) is 6.68. The van der Waals surface area contributed by atoms with Gasteiger partial charge >= 0.3 is 12.0 Å². The molecule has 7 nitrogen and oxygen atoms in total. The minimum absolute atomic E-state index is 0.0825. The number of benzene rings is 1. The van der Waals surface area contributed by atoms with Gasteiger partial charge in [-0.1, -0.05) is 12.1 Å². The molecule has 1 aromatic rings. The molecular formula is C14H17N3O4. The zero-order chi connectivity index (χ0) is 15.2. The van der Waals surface area contributed by atoms with Crippen LogP contribution in [0.25, 0.3) is 0 Å². The Morgan fingerprint density at radius 1 is 1.29 bits per heavy atom. The summed E-state index contributed by atoms with van der Waals surface area (Å²) in [6, 6.07) is 6.27. The number of amides is 3. The second-order valence-electron chi connectivity index (χ2n) is 4.76. The van der Waals surface area contributed by atoms with Crippen LogP contribution in [0.5, 0.6) is 0 Å². The van der Waals surface area contributed by atoms with Crippen molar-refractivity contribution in [2.75, 3.05) is 26.2 Å². The summed E-state index contributed by atoms with van der Waals surface area (Å²) >= 11 is 0. The van der Waals surface area contributed by atoms with Crippen LogP contribution in [0.1, 0.15) is 15.9 Å². The number of hydrogen-bond donors (Lipinski definition) is 3.